The Labute approximate surface area is 107 Å². The summed E-state index contributed by atoms with van der Waals surface area (Å²) in [6.45, 7) is 8.99. The monoisotopic (exact) mass is 251 g/mol. The van der Waals surface area contributed by atoms with E-state index in [4.69, 9.17) is 5.73 Å². The minimum atomic E-state index is -0.0399. The van der Waals surface area contributed by atoms with Gasteiger partial charge >= 0.3 is 0 Å². The number of nitrogens with one attached hydrogen (secondary N) is 1. The van der Waals surface area contributed by atoms with Crippen molar-refractivity contribution >= 4 is 5.95 Å². The molecule has 0 unspecified atom stereocenters. The third-order valence-corrected chi connectivity index (χ3v) is 3.50. The van der Waals surface area contributed by atoms with Crippen LogP contribution in [0.2, 0.25) is 0 Å². The molecule has 18 heavy (non-hydrogen) atoms. The summed E-state index contributed by atoms with van der Waals surface area (Å²) in [5.41, 5.74) is 7.01. The number of hydrogen-bond donors (Lipinski definition) is 2. The van der Waals surface area contributed by atoms with Gasteiger partial charge in [0.25, 0.3) is 5.56 Å². The summed E-state index contributed by atoms with van der Waals surface area (Å²) in [5.74, 6) is 0.690. The first-order valence-electron chi connectivity index (χ1n) is 6.36. The fourth-order valence-electron chi connectivity index (χ4n) is 2.15. The van der Waals surface area contributed by atoms with Gasteiger partial charge in [0.05, 0.1) is 0 Å². The third kappa shape index (κ3) is 2.70. The lowest BCUT2D eigenvalue weighted by atomic mass is 10.2. The van der Waals surface area contributed by atoms with Crippen molar-refractivity contribution in [1.29, 1.82) is 0 Å². The molecular weight excluding hydrogens is 230 g/mol. The smallest absolute Gasteiger partial charge is 0.255 e. The number of aromatic amines is 1. The molecule has 1 aliphatic heterocycles. The van der Waals surface area contributed by atoms with Crippen LogP contribution in [0.1, 0.15) is 11.3 Å². The first kappa shape index (κ1) is 13.0. The van der Waals surface area contributed by atoms with Gasteiger partial charge in [-0.2, -0.15) is 0 Å². The summed E-state index contributed by atoms with van der Waals surface area (Å²) >= 11 is 0. The highest BCUT2D eigenvalue weighted by Gasteiger charge is 2.18. The van der Waals surface area contributed by atoms with E-state index < -0.39 is 0 Å². The molecule has 6 nitrogen and oxygen atoms in total. The fraction of sp³-hybridized carbons (Fsp3) is 0.667. The molecule has 0 spiro atoms. The molecule has 2 rings (SSSR count). The van der Waals surface area contributed by atoms with Crippen molar-refractivity contribution < 1.29 is 0 Å². The summed E-state index contributed by atoms with van der Waals surface area (Å²) in [7, 11) is 0. The van der Waals surface area contributed by atoms with Crippen LogP contribution in [0.5, 0.6) is 0 Å². The summed E-state index contributed by atoms with van der Waals surface area (Å²) in [6, 6.07) is 0. The van der Waals surface area contributed by atoms with Crippen molar-refractivity contribution in [2.45, 2.75) is 13.8 Å². The summed E-state index contributed by atoms with van der Waals surface area (Å²) in [6.07, 6.45) is 0. The number of piperazine rings is 1. The van der Waals surface area contributed by atoms with E-state index in [1.54, 1.807) is 6.92 Å². The van der Waals surface area contributed by atoms with Crippen molar-refractivity contribution in [3.05, 3.63) is 21.6 Å². The van der Waals surface area contributed by atoms with E-state index >= 15 is 0 Å². The topological polar surface area (TPSA) is 78.2 Å². The average Bonchev–Trinajstić information content (AvgIpc) is 2.37. The first-order valence-corrected chi connectivity index (χ1v) is 6.36. The van der Waals surface area contributed by atoms with Crippen molar-refractivity contribution in [3.8, 4) is 0 Å². The fourth-order valence-corrected chi connectivity index (χ4v) is 2.15. The van der Waals surface area contributed by atoms with Crippen molar-refractivity contribution in [2.75, 3.05) is 44.2 Å². The van der Waals surface area contributed by atoms with Crippen molar-refractivity contribution in [2.24, 2.45) is 5.73 Å². The molecule has 0 radical (unpaired) electrons. The molecule has 0 atom stereocenters. The predicted octanol–water partition coefficient (Wildman–Crippen LogP) is -0.533. The molecule has 1 fully saturated rings. The quantitative estimate of drug-likeness (QED) is 0.755. The number of hydrogen-bond acceptors (Lipinski definition) is 5. The zero-order valence-electron chi connectivity index (χ0n) is 11.1. The van der Waals surface area contributed by atoms with E-state index in [0.717, 1.165) is 38.4 Å². The Kier molecular flexibility index (Phi) is 3.98. The molecule has 0 aliphatic carbocycles. The number of H-pyrrole nitrogens is 1. The van der Waals surface area contributed by atoms with Crippen molar-refractivity contribution in [1.82, 2.24) is 14.9 Å². The van der Waals surface area contributed by atoms with Crippen LogP contribution >= 0.6 is 0 Å². The SMILES string of the molecule is Cc1nc(N2CCN(CCN)CC2)[nH]c(=O)c1C. The first-order chi connectivity index (χ1) is 8.61. The standard InChI is InChI=1S/C12H21N5O/c1-9-10(2)14-12(15-11(9)18)17-7-5-16(4-3-13)6-8-17/h3-8,13H2,1-2H3,(H,14,15,18). The average molecular weight is 251 g/mol. The van der Waals surface area contributed by atoms with Gasteiger partial charge in [0.2, 0.25) is 5.95 Å². The van der Waals surface area contributed by atoms with Crippen LogP contribution in [0.25, 0.3) is 0 Å². The van der Waals surface area contributed by atoms with Crippen LogP contribution in [-0.2, 0) is 0 Å². The Morgan fingerprint density at radius 1 is 1.28 bits per heavy atom. The Hall–Kier alpha value is -1.40. The normalized spacial score (nSPS) is 17.2. The lowest BCUT2D eigenvalue weighted by Crippen LogP contribution is -2.48. The molecular formula is C12H21N5O. The highest BCUT2D eigenvalue weighted by atomic mass is 16.1. The highest BCUT2D eigenvalue weighted by molar-refractivity contribution is 5.33. The zero-order valence-corrected chi connectivity index (χ0v) is 11.1. The van der Waals surface area contributed by atoms with Crippen molar-refractivity contribution in [3.63, 3.8) is 0 Å². The van der Waals surface area contributed by atoms with Crippen LogP contribution in [0, 0.1) is 13.8 Å². The van der Waals surface area contributed by atoms with Gasteiger partial charge in [-0.1, -0.05) is 0 Å². The molecule has 3 N–H and O–H groups in total. The van der Waals surface area contributed by atoms with Gasteiger partial charge in [0, 0.05) is 50.5 Å². The Morgan fingerprint density at radius 3 is 2.50 bits per heavy atom. The van der Waals surface area contributed by atoms with E-state index in [1.165, 1.54) is 0 Å². The predicted molar refractivity (Wildman–Crippen MR) is 72.0 cm³/mol. The van der Waals surface area contributed by atoms with Crippen LogP contribution in [0.3, 0.4) is 0 Å². The second kappa shape index (κ2) is 5.49. The number of rotatable bonds is 3. The second-order valence-corrected chi connectivity index (χ2v) is 4.72. The summed E-state index contributed by atoms with van der Waals surface area (Å²) < 4.78 is 0. The van der Waals surface area contributed by atoms with Crippen LogP contribution < -0.4 is 16.2 Å². The second-order valence-electron chi connectivity index (χ2n) is 4.72. The van der Waals surface area contributed by atoms with Crippen LogP contribution in [0.15, 0.2) is 4.79 Å². The molecule has 1 aromatic rings. The lowest BCUT2D eigenvalue weighted by molar-refractivity contribution is 0.263. The maximum atomic E-state index is 11.7. The van der Waals surface area contributed by atoms with E-state index in [2.05, 4.69) is 19.8 Å². The van der Waals surface area contributed by atoms with E-state index in [0.29, 0.717) is 18.1 Å². The molecule has 6 heteroatoms. The molecule has 0 bridgehead atoms. The number of nitrogens with two attached hydrogens (primary N) is 1. The minimum absolute atomic E-state index is 0.0399. The highest BCUT2D eigenvalue weighted by Crippen LogP contribution is 2.10. The largest absolute Gasteiger partial charge is 0.340 e. The van der Waals surface area contributed by atoms with Crippen LogP contribution in [-0.4, -0.2) is 54.1 Å². The molecule has 100 valence electrons. The Bertz CT molecular complexity index is 462. The van der Waals surface area contributed by atoms with Gasteiger partial charge < -0.3 is 10.6 Å². The van der Waals surface area contributed by atoms with Gasteiger partial charge in [-0.3, -0.25) is 14.7 Å². The third-order valence-electron chi connectivity index (χ3n) is 3.50. The van der Waals surface area contributed by atoms with Gasteiger partial charge in [0.15, 0.2) is 0 Å². The lowest BCUT2D eigenvalue weighted by Gasteiger charge is -2.34. The summed E-state index contributed by atoms with van der Waals surface area (Å²) in [4.78, 5) is 23.5. The number of anilines is 1. The van der Waals surface area contributed by atoms with E-state index in [9.17, 15) is 4.79 Å². The van der Waals surface area contributed by atoms with Gasteiger partial charge in [0.1, 0.15) is 0 Å². The number of nitrogens with zero attached hydrogens (tertiary/aromatic N) is 3. The van der Waals surface area contributed by atoms with Gasteiger partial charge in [-0.05, 0) is 13.8 Å². The molecule has 0 amide bonds. The minimum Gasteiger partial charge on any atom is -0.340 e. The van der Waals surface area contributed by atoms with E-state index in [1.807, 2.05) is 6.92 Å². The summed E-state index contributed by atoms with van der Waals surface area (Å²) in [5, 5.41) is 0. The van der Waals surface area contributed by atoms with Gasteiger partial charge in [-0.25, -0.2) is 4.98 Å². The molecule has 1 aliphatic rings. The van der Waals surface area contributed by atoms with Crippen LogP contribution in [0.4, 0.5) is 5.95 Å². The Morgan fingerprint density at radius 2 is 1.94 bits per heavy atom. The molecule has 1 aromatic heterocycles. The molecule has 0 aromatic carbocycles. The van der Waals surface area contributed by atoms with Gasteiger partial charge in [-0.15, -0.1) is 0 Å². The Balaban J connectivity index is 2.08. The van der Waals surface area contributed by atoms with E-state index in [-0.39, 0.29) is 5.56 Å². The maximum Gasteiger partial charge on any atom is 0.255 e. The zero-order chi connectivity index (χ0) is 13.1. The molecule has 2 heterocycles. The molecule has 0 saturated carbocycles. The number of aromatic nitrogens is 2. The maximum absolute atomic E-state index is 11.7. The molecule has 1 saturated heterocycles. The number of aryl methyl sites for hydroxylation is 1.